The highest BCUT2D eigenvalue weighted by atomic mass is 16.5. The maximum atomic E-state index is 5.96. The van der Waals surface area contributed by atoms with Crippen LogP contribution in [0.4, 0.5) is 5.82 Å². The van der Waals surface area contributed by atoms with Crippen molar-refractivity contribution in [1.82, 2.24) is 5.16 Å². The summed E-state index contributed by atoms with van der Waals surface area (Å²) in [7, 11) is 1.65. The first-order valence-electron chi connectivity index (χ1n) is 6.60. The lowest BCUT2D eigenvalue weighted by Crippen LogP contribution is -1.97. The van der Waals surface area contributed by atoms with Gasteiger partial charge in [-0.25, -0.2) is 0 Å². The van der Waals surface area contributed by atoms with Crippen molar-refractivity contribution in [3.05, 3.63) is 30.0 Å². The molecule has 0 atom stereocenters. The second-order valence-corrected chi connectivity index (χ2v) is 4.55. The smallest absolute Gasteiger partial charge is 0.175 e. The van der Waals surface area contributed by atoms with Gasteiger partial charge in [0.2, 0.25) is 0 Å². The zero-order valence-corrected chi connectivity index (χ0v) is 11.6. The first kappa shape index (κ1) is 13.5. The molecular weight excluding hydrogens is 240 g/mol. The lowest BCUT2D eigenvalue weighted by molar-refractivity contribution is 0.356. The summed E-state index contributed by atoms with van der Waals surface area (Å²) in [4.78, 5) is 0. The summed E-state index contributed by atoms with van der Waals surface area (Å²) < 4.78 is 10.6. The fraction of sp³-hybridized carbons (Fsp3) is 0.400. The standard InChI is InChI=1S/C15H20N2O2/c1-4-10(5-2)14-13(15(16)17-19-14)11-6-8-12(18-3)9-7-11/h6-10H,4-5H2,1-3H3,(H2,16,17). The molecule has 0 radical (unpaired) electrons. The molecule has 2 rings (SSSR count). The van der Waals surface area contributed by atoms with E-state index in [1.165, 1.54) is 0 Å². The molecule has 0 saturated heterocycles. The van der Waals surface area contributed by atoms with Gasteiger partial charge in [-0.1, -0.05) is 31.1 Å². The Morgan fingerprint density at radius 2 is 1.84 bits per heavy atom. The van der Waals surface area contributed by atoms with Gasteiger partial charge in [0.1, 0.15) is 11.5 Å². The van der Waals surface area contributed by atoms with Gasteiger partial charge in [0.15, 0.2) is 5.82 Å². The van der Waals surface area contributed by atoms with E-state index in [2.05, 4.69) is 19.0 Å². The first-order chi connectivity index (χ1) is 9.21. The highest BCUT2D eigenvalue weighted by Crippen LogP contribution is 2.37. The predicted molar refractivity (Wildman–Crippen MR) is 76.2 cm³/mol. The number of hydrogen-bond donors (Lipinski definition) is 1. The van der Waals surface area contributed by atoms with Crippen LogP contribution in [0.2, 0.25) is 0 Å². The van der Waals surface area contributed by atoms with Crippen LogP contribution in [0.15, 0.2) is 28.8 Å². The molecule has 0 spiro atoms. The van der Waals surface area contributed by atoms with Crippen LogP contribution in [0.5, 0.6) is 5.75 Å². The summed E-state index contributed by atoms with van der Waals surface area (Å²) in [6.07, 6.45) is 2.02. The van der Waals surface area contributed by atoms with Gasteiger partial charge in [0, 0.05) is 5.92 Å². The average molecular weight is 260 g/mol. The summed E-state index contributed by atoms with van der Waals surface area (Å²) in [5.41, 5.74) is 7.88. The third-order valence-electron chi connectivity index (χ3n) is 3.48. The zero-order chi connectivity index (χ0) is 13.8. The Bertz CT molecular complexity index is 528. The van der Waals surface area contributed by atoms with Crippen LogP contribution in [0.3, 0.4) is 0 Å². The molecular formula is C15H20N2O2. The van der Waals surface area contributed by atoms with Crippen molar-refractivity contribution in [2.75, 3.05) is 12.8 Å². The number of ether oxygens (including phenoxy) is 1. The maximum Gasteiger partial charge on any atom is 0.175 e. The van der Waals surface area contributed by atoms with E-state index in [-0.39, 0.29) is 0 Å². The lowest BCUT2D eigenvalue weighted by Gasteiger charge is -2.11. The van der Waals surface area contributed by atoms with Gasteiger partial charge in [-0.05, 0) is 30.5 Å². The van der Waals surface area contributed by atoms with Crippen LogP contribution in [0.25, 0.3) is 11.1 Å². The molecule has 1 heterocycles. The van der Waals surface area contributed by atoms with Crippen molar-refractivity contribution in [1.29, 1.82) is 0 Å². The number of methoxy groups -OCH3 is 1. The van der Waals surface area contributed by atoms with Crippen LogP contribution in [0, 0.1) is 0 Å². The van der Waals surface area contributed by atoms with E-state index >= 15 is 0 Å². The minimum atomic E-state index is 0.349. The van der Waals surface area contributed by atoms with Gasteiger partial charge in [0.25, 0.3) is 0 Å². The molecule has 2 N–H and O–H groups in total. The Morgan fingerprint density at radius 3 is 2.37 bits per heavy atom. The van der Waals surface area contributed by atoms with Crippen LogP contribution in [-0.2, 0) is 0 Å². The van der Waals surface area contributed by atoms with Crippen molar-refractivity contribution >= 4 is 5.82 Å². The Morgan fingerprint density at radius 1 is 1.21 bits per heavy atom. The van der Waals surface area contributed by atoms with Crippen molar-refractivity contribution in [2.24, 2.45) is 0 Å². The number of nitrogens with zero attached hydrogens (tertiary/aromatic N) is 1. The first-order valence-corrected chi connectivity index (χ1v) is 6.60. The van der Waals surface area contributed by atoms with Crippen molar-refractivity contribution in [3.63, 3.8) is 0 Å². The molecule has 0 amide bonds. The summed E-state index contributed by atoms with van der Waals surface area (Å²) >= 11 is 0. The van der Waals surface area contributed by atoms with Gasteiger partial charge in [0.05, 0.1) is 12.7 Å². The number of nitrogen functional groups attached to an aromatic ring is 1. The summed E-state index contributed by atoms with van der Waals surface area (Å²) in [5.74, 6) is 2.50. The monoisotopic (exact) mass is 260 g/mol. The maximum absolute atomic E-state index is 5.96. The molecule has 4 nitrogen and oxygen atoms in total. The second-order valence-electron chi connectivity index (χ2n) is 4.55. The molecule has 1 aromatic heterocycles. The van der Waals surface area contributed by atoms with Gasteiger partial charge >= 0.3 is 0 Å². The molecule has 4 heteroatoms. The highest BCUT2D eigenvalue weighted by Gasteiger charge is 2.21. The quantitative estimate of drug-likeness (QED) is 0.887. The van der Waals surface area contributed by atoms with Gasteiger partial charge in [-0.3, -0.25) is 0 Å². The number of rotatable bonds is 5. The molecule has 0 bridgehead atoms. The van der Waals surface area contributed by atoms with Gasteiger partial charge in [-0.2, -0.15) is 0 Å². The van der Waals surface area contributed by atoms with Gasteiger partial charge < -0.3 is 15.0 Å². The van der Waals surface area contributed by atoms with Crippen LogP contribution < -0.4 is 10.5 Å². The number of hydrogen-bond acceptors (Lipinski definition) is 4. The Labute approximate surface area is 113 Å². The fourth-order valence-electron chi connectivity index (χ4n) is 2.30. The third-order valence-corrected chi connectivity index (χ3v) is 3.48. The normalized spacial score (nSPS) is 10.9. The molecule has 0 fully saturated rings. The predicted octanol–water partition coefficient (Wildman–Crippen LogP) is 3.84. The zero-order valence-electron chi connectivity index (χ0n) is 11.6. The fourth-order valence-corrected chi connectivity index (χ4v) is 2.30. The largest absolute Gasteiger partial charge is 0.497 e. The molecule has 102 valence electrons. The van der Waals surface area contributed by atoms with E-state index in [0.717, 1.165) is 35.5 Å². The lowest BCUT2D eigenvalue weighted by atomic mass is 9.94. The molecule has 0 saturated carbocycles. The minimum Gasteiger partial charge on any atom is -0.497 e. The molecule has 0 aliphatic rings. The summed E-state index contributed by atoms with van der Waals surface area (Å²) in [6.45, 7) is 4.29. The Kier molecular flexibility index (Phi) is 4.10. The van der Waals surface area contributed by atoms with E-state index in [1.807, 2.05) is 24.3 Å². The molecule has 19 heavy (non-hydrogen) atoms. The molecule has 0 aliphatic heterocycles. The van der Waals surface area contributed by atoms with E-state index in [0.29, 0.717) is 11.7 Å². The van der Waals surface area contributed by atoms with Crippen molar-refractivity contribution < 1.29 is 9.26 Å². The highest BCUT2D eigenvalue weighted by molar-refractivity contribution is 5.76. The van der Waals surface area contributed by atoms with E-state index < -0.39 is 0 Å². The van der Waals surface area contributed by atoms with Crippen molar-refractivity contribution in [2.45, 2.75) is 32.6 Å². The number of aromatic nitrogens is 1. The SMILES string of the molecule is CCC(CC)c1onc(N)c1-c1ccc(OC)cc1. The van der Waals surface area contributed by atoms with Crippen LogP contribution >= 0.6 is 0 Å². The number of benzene rings is 1. The summed E-state index contributed by atoms with van der Waals surface area (Å²) in [6, 6.07) is 7.79. The van der Waals surface area contributed by atoms with Crippen LogP contribution in [-0.4, -0.2) is 12.3 Å². The number of anilines is 1. The molecule has 0 aliphatic carbocycles. The average Bonchev–Trinajstić information content (AvgIpc) is 2.82. The van der Waals surface area contributed by atoms with E-state index in [4.69, 9.17) is 15.0 Å². The second kappa shape index (κ2) is 5.78. The minimum absolute atomic E-state index is 0.349. The molecule has 0 unspecified atom stereocenters. The van der Waals surface area contributed by atoms with Gasteiger partial charge in [-0.15, -0.1) is 0 Å². The Balaban J connectivity index is 2.45. The third kappa shape index (κ3) is 2.57. The number of nitrogens with two attached hydrogens (primary N) is 1. The van der Waals surface area contributed by atoms with E-state index in [9.17, 15) is 0 Å². The molecule has 2 aromatic rings. The van der Waals surface area contributed by atoms with E-state index in [1.54, 1.807) is 7.11 Å². The molecule has 1 aromatic carbocycles. The van der Waals surface area contributed by atoms with Crippen LogP contribution in [0.1, 0.15) is 38.4 Å². The topological polar surface area (TPSA) is 61.3 Å². The summed E-state index contributed by atoms with van der Waals surface area (Å²) in [5, 5.41) is 3.92. The van der Waals surface area contributed by atoms with Crippen molar-refractivity contribution in [3.8, 4) is 16.9 Å². The Hall–Kier alpha value is -1.97.